The maximum atomic E-state index is 13.3. The van der Waals surface area contributed by atoms with E-state index in [0.29, 0.717) is 26.3 Å². The summed E-state index contributed by atoms with van der Waals surface area (Å²) in [5.41, 5.74) is 6.15. The average Bonchev–Trinajstić information content (AvgIpc) is 2.35. The zero-order valence-electron chi connectivity index (χ0n) is 10.6. The Balaban J connectivity index is 2.04. The molecule has 0 amide bonds. The van der Waals surface area contributed by atoms with Crippen molar-refractivity contribution in [2.75, 3.05) is 37.7 Å². The van der Waals surface area contributed by atoms with E-state index >= 15 is 0 Å². The molecule has 2 rings (SSSR count). The summed E-state index contributed by atoms with van der Waals surface area (Å²) in [4.78, 5) is 2.09. The highest BCUT2D eigenvalue weighted by Gasteiger charge is 2.22. The van der Waals surface area contributed by atoms with E-state index in [9.17, 15) is 4.39 Å². The van der Waals surface area contributed by atoms with Crippen molar-refractivity contribution in [2.24, 2.45) is 5.73 Å². The molecule has 100 valence electrons. The number of anilines is 1. The molecule has 0 saturated heterocycles. The van der Waals surface area contributed by atoms with Crippen molar-refractivity contribution in [1.82, 2.24) is 0 Å². The number of nitrogens with zero attached hydrogens (tertiary/aromatic N) is 1. The maximum Gasteiger partial charge on any atom is 0.143 e. The minimum absolute atomic E-state index is 0.0949. The number of rotatable bonds is 5. The Labute approximate surface area is 106 Å². The Morgan fingerprint density at radius 3 is 3.11 bits per heavy atom. The number of halogens is 1. The SMILES string of the molecule is CC1CN(CCOCCN)c2cc(F)ccc2O1. The lowest BCUT2D eigenvalue weighted by molar-refractivity contribution is 0.142. The van der Waals surface area contributed by atoms with Crippen LogP contribution in [-0.2, 0) is 4.74 Å². The standard InChI is InChI=1S/C13H19FN2O2/c1-10-9-16(5-7-17-6-4-15)12-8-11(14)2-3-13(12)18-10/h2-3,8,10H,4-7,9,15H2,1H3. The molecule has 0 bridgehead atoms. The first-order chi connectivity index (χ1) is 8.70. The van der Waals surface area contributed by atoms with Gasteiger partial charge in [0.05, 0.1) is 25.4 Å². The maximum absolute atomic E-state index is 13.3. The van der Waals surface area contributed by atoms with Crippen LogP contribution in [0, 0.1) is 5.82 Å². The first kappa shape index (κ1) is 13.1. The third kappa shape index (κ3) is 3.11. The monoisotopic (exact) mass is 254 g/mol. The van der Waals surface area contributed by atoms with E-state index in [-0.39, 0.29) is 11.9 Å². The van der Waals surface area contributed by atoms with Gasteiger partial charge in [0, 0.05) is 19.2 Å². The van der Waals surface area contributed by atoms with Gasteiger partial charge < -0.3 is 20.1 Å². The summed E-state index contributed by atoms with van der Waals surface area (Å²) in [6.07, 6.45) is 0.0949. The van der Waals surface area contributed by atoms with Gasteiger partial charge in [0.25, 0.3) is 0 Å². The lowest BCUT2D eigenvalue weighted by Gasteiger charge is -2.34. The molecular formula is C13H19FN2O2. The molecule has 1 aliphatic rings. The van der Waals surface area contributed by atoms with Crippen molar-refractivity contribution in [2.45, 2.75) is 13.0 Å². The van der Waals surface area contributed by atoms with Crippen LogP contribution in [0.25, 0.3) is 0 Å². The molecule has 1 aliphatic heterocycles. The number of hydrogen-bond donors (Lipinski definition) is 1. The van der Waals surface area contributed by atoms with Crippen LogP contribution in [-0.4, -0.2) is 39.0 Å². The second-order valence-corrected chi connectivity index (χ2v) is 4.39. The normalized spacial score (nSPS) is 18.4. The summed E-state index contributed by atoms with van der Waals surface area (Å²) in [7, 11) is 0. The third-order valence-corrected chi connectivity index (χ3v) is 2.84. The van der Waals surface area contributed by atoms with Crippen molar-refractivity contribution < 1.29 is 13.9 Å². The summed E-state index contributed by atoms with van der Waals surface area (Å²) in [5.74, 6) is 0.480. The summed E-state index contributed by atoms with van der Waals surface area (Å²) in [6.45, 7) is 5.10. The summed E-state index contributed by atoms with van der Waals surface area (Å²) in [6, 6.07) is 4.60. The van der Waals surface area contributed by atoms with Crippen molar-refractivity contribution in [3.8, 4) is 5.75 Å². The van der Waals surface area contributed by atoms with Gasteiger partial charge in [-0.25, -0.2) is 4.39 Å². The minimum Gasteiger partial charge on any atom is -0.487 e. The quantitative estimate of drug-likeness (QED) is 0.807. The van der Waals surface area contributed by atoms with Crippen molar-refractivity contribution >= 4 is 5.69 Å². The third-order valence-electron chi connectivity index (χ3n) is 2.84. The van der Waals surface area contributed by atoms with E-state index in [1.54, 1.807) is 6.07 Å². The number of hydrogen-bond acceptors (Lipinski definition) is 4. The average molecular weight is 254 g/mol. The predicted octanol–water partition coefficient (Wildman–Crippen LogP) is 1.39. The second-order valence-electron chi connectivity index (χ2n) is 4.39. The molecule has 1 unspecified atom stereocenters. The van der Waals surface area contributed by atoms with Crippen LogP contribution in [0.5, 0.6) is 5.75 Å². The Hall–Kier alpha value is -1.33. The van der Waals surface area contributed by atoms with Gasteiger partial charge in [0.15, 0.2) is 0 Å². The molecule has 0 spiro atoms. The van der Waals surface area contributed by atoms with Crippen LogP contribution in [0.4, 0.5) is 10.1 Å². The molecule has 18 heavy (non-hydrogen) atoms. The highest BCUT2D eigenvalue weighted by molar-refractivity contribution is 5.60. The molecular weight excluding hydrogens is 235 g/mol. The molecule has 5 heteroatoms. The molecule has 0 aliphatic carbocycles. The van der Waals surface area contributed by atoms with Crippen LogP contribution in [0.1, 0.15) is 6.92 Å². The van der Waals surface area contributed by atoms with Gasteiger partial charge in [-0.15, -0.1) is 0 Å². The largest absolute Gasteiger partial charge is 0.487 e. The van der Waals surface area contributed by atoms with Crippen LogP contribution < -0.4 is 15.4 Å². The fourth-order valence-corrected chi connectivity index (χ4v) is 2.07. The van der Waals surface area contributed by atoms with E-state index < -0.39 is 0 Å². The van der Waals surface area contributed by atoms with E-state index in [1.807, 2.05) is 6.92 Å². The number of nitrogens with two attached hydrogens (primary N) is 1. The summed E-state index contributed by atoms with van der Waals surface area (Å²) >= 11 is 0. The zero-order valence-corrected chi connectivity index (χ0v) is 10.6. The number of fused-ring (bicyclic) bond motifs is 1. The van der Waals surface area contributed by atoms with Gasteiger partial charge in [0.2, 0.25) is 0 Å². The van der Waals surface area contributed by atoms with Crippen molar-refractivity contribution in [3.63, 3.8) is 0 Å². The van der Waals surface area contributed by atoms with Crippen LogP contribution in [0.3, 0.4) is 0 Å². The first-order valence-electron chi connectivity index (χ1n) is 6.19. The van der Waals surface area contributed by atoms with Gasteiger partial charge in [-0.1, -0.05) is 0 Å². The smallest absolute Gasteiger partial charge is 0.143 e. The lowest BCUT2D eigenvalue weighted by Crippen LogP contribution is -2.40. The Morgan fingerprint density at radius 1 is 1.50 bits per heavy atom. The highest BCUT2D eigenvalue weighted by atomic mass is 19.1. The fraction of sp³-hybridized carbons (Fsp3) is 0.538. The minimum atomic E-state index is -0.250. The lowest BCUT2D eigenvalue weighted by atomic mass is 10.2. The summed E-state index contributed by atoms with van der Waals surface area (Å²) in [5, 5.41) is 0. The molecule has 0 fully saturated rings. The van der Waals surface area contributed by atoms with Gasteiger partial charge >= 0.3 is 0 Å². The van der Waals surface area contributed by atoms with Gasteiger partial charge in [-0.2, -0.15) is 0 Å². The molecule has 0 aromatic heterocycles. The second kappa shape index (κ2) is 6.02. The Kier molecular flexibility index (Phi) is 4.38. The fourth-order valence-electron chi connectivity index (χ4n) is 2.07. The zero-order chi connectivity index (χ0) is 13.0. The van der Waals surface area contributed by atoms with Crippen LogP contribution in [0.2, 0.25) is 0 Å². The van der Waals surface area contributed by atoms with E-state index in [2.05, 4.69) is 4.90 Å². The molecule has 1 aromatic rings. The van der Waals surface area contributed by atoms with Crippen molar-refractivity contribution in [3.05, 3.63) is 24.0 Å². The molecule has 4 nitrogen and oxygen atoms in total. The molecule has 1 atom stereocenters. The first-order valence-corrected chi connectivity index (χ1v) is 6.19. The topological polar surface area (TPSA) is 47.7 Å². The van der Waals surface area contributed by atoms with Crippen LogP contribution in [0.15, 0.2) is 18.2 Å². The van der Waals surface area contributed by atoms with Gasteiger partial charge in [0.1, 0.15) is 17.7 Å². The van der Waals surface area contributed by atoms with E-state index in [4.69, 9.17) is 15.2 Å². The van der Waals surface area contributed by atoms with Gasteiger partial charge in [-0.05, 0) is 19.1 Å². The number of benzene rings is 1. The van der Waals surface area contributed by atoms with E-state index in [0.717, 1.165) is 18.0 Å². The summed E-state index contributed by atoms with van der Waals surface area (Å²) < 4.78 is 24.3. The molecule has 0 saturated carbocycles. The Bertz CT molecular complexity index is 401. The Morgan fingerprint density at radius 2 is 2.33 bits per heavy atom. The number of ether oxygens (including phenoxy) is 2. The highest BCUT2D eigenvalue weighted by Crippen LogP contribution is 2.33. The van der Waals surface area contributed by atoms with Crippen LogP contribution >= 0.6 is 0 Å². The predicted molar refractivity (Wildman–Crippen MR) is 68.6 cm³/mol. The molecule has 1 heterocycles. The molecule has 2 N–H and O–H groups in total. The van der Waals surface area contributed by atoms with Gasteiger partial charge in [-0.3, -0.25) is 0 Å². The van der Waals surface area contributed by atoms with Crippen molar-refractivity contribution in [1.29, 1.82) is 0 Å². The molecule has 0 radical (unpaired) electrons. The van der Waals surface area contributed by atoms with E-state index in [1.165, 1.54) is 12.1 Å². The molecule has 1 aromatic carbocycles.